The predicted octanol–water partition coefficient (Wildman–Crippen LogP) is 2.85. The van der Waals surface area contributed by atoms with Crippen LogP contribution < -0.4 is 0 Å². The Kier molecular flexibility index (Phi) is 3.53. The van der Waals surface area contributed by atoms with Crippen LogP contribution in [-0.4, -0.2) is 25.3 Å². The van der Waals surface area contributed by atoms with E-state index in [4.69, 9.17) is 0 Å². The van der Waals surface area contributed by atoms with Crippen LogP contribution in [0.4, 0.5) is 11.4 Å². The van der Waals surface area contributed by atoms with Gasteiger partial charge in [-0.25, -0.2) is 4.98 Å². The maximum atomic E-state index is 12.8. The molecule has 0 radical (unpaired) electrons. The molecule has 9 heteroatoms. The van der Waals surface area contributed by atoms with Crippen LogP contribution in [0.3, 0.4) is 0 Å². The molecule has 0 amide bonds. The molecule has 0 spiro atoms. The summed E-state index contributed by atoms with van der Waals surface area (Å²) in [7, 11) is 0. The Labute approximate surface area is 134 Å². The van der Waals surface area contributed by atoms with Crippen molar-refractivity contribution >= 4 is 28.3 Å². The fourth-order valence-corrected chi connectivity index (χ4v) is 2.45. The molecule has 24 heavy (non-hydrogen) atoms. The summed E-state index contributed by atoms with van der Waals surface area (Å²) in [6.07, 6.45) is 1.29. The van der Waals surface area contributed by atoms with Gasteiger partial charge in [-0.2, -0.15) is 0 Å². The molecule has 0 aliphatic heterocycles. The molecule has 0 saturated heterocycles. The lowest BCUT2D eigenvalue weighted by Gasteiger charge is -2.07. The van der Waals surface area contributed by atoms with Crippen molar-refractivity contribution in [3.05, 3.63) is 74.1 Å². The molecule has 3 rings (SSSR count). The molecule has 0 saturated carbocycles. The van der Waals surface area contributed by atoms with Gasteiger partial charge in [-0.3, -0.25) is 29.6 Å². The minimum absolute atomic E-state index is 0.0633. The number of carbonyl (C=O) groups is 1. The molecule has 0 fully saturated rings. The average molecular weight is 326 g/mol. The third kappa shape index (κ3) is 2.37. The lowest BCUT2D eigenvalue weighted by atomic mass is 10.0. The number of nitro groups is 2. The third-order valence-electron chi connectivity index (χ3n) is 3.68. The van der Waals surface area contributed by atoms with Gasteiger partial charge < -0.3 is 0 Å². The van der Waals surface area contributed by atoms with E-state index in [9.17, 15) is 25.0 Å². The lowest BCUT2D eigenvalue weighted by molar-refractivity contribution is -0.394. The number of nitrogens with zero attached hydrogens (tertiary/aromatic N) is 4. The number of rotatable bonds is 3. The minimum Gasteiger partial charge on any atom is -0.268 e. The summed E-state index contributed by atoms with van der Waals surface area (Å²) in [6.45, 7) is 1.38. The highest BCUT2D eigenvalue weighted by Gasteiger charge is 2.26. The van der Waals surface area contributed by atoms with Gasteiger partial charge in [-0.1, -0.05) is 12.1 Å². The fraction of sp³-hybridized carbons (Fsp3) is 0.0667. The maximum absolute atomic E-state index is 12.8. The smallest absolute Gasteiger partial charge is 0.268 e. The first kappa shape index (κ1) is 15.3. The van der Waals surface area contributed by atoms with E-state index in [2.05, 4.69) is 4.98 Å². The van der Waals surface area contributed by atoms with Crippen LogP contribution in [0.5, 0.6) is 0 Å². The Morgan fingerprint density at radius 1 is 1.12 bits per heavy atom. The molecule has 3 aromatic rings. The number of fused-ring (bicyclic) bond motifs is 1. The highest BCUT2D eigenvalue weighted by molar-refractivity contribution is 6.03. The summed E-state index contributed by atoms with van der Waals surface area (Å²) in [5.41, 5.74) is 0.0453. The molecule has 1 aromatic heterocycles. The van der Waals surface area contributed by atoms with Crippen molar-refractivity contribution < 1.29 is 14.6 Å². The number of hydrogen-bond donors (Lipinski definition) is 0. The van der Waals surface area contributed by atoms with Crippen molar-refractivity contribution in [3.63, 3.8) is 0 Å². The van der Waals surface area contributed by atoms with Crippen LogP contribution in [0.1, 0.15) is 15.9 Å². The van der Waals surface area contributed by atoms with Crippen LogP contribution in [0, 0.1) is 27.2 Å². The van der Waals surface area contributed by atoms with Crippen molar-refractivity contribution in [1.29, 1.82) is 0 Å². The maximum Gasteiger partial charge on any atom is 0.279 e. The lowest BCUT2D eigenvalue weighted by Crippen LogP contribution is -2.14. The van der Waals surface area contributed by atoms with Crippen molar-refractivity contribution in [1.82, 2.24) is 9.55 Å². The Bertz CT molecular complexity index is 1010. The number of carbonyl (C=O) groups excluding carboxylic acids is 1. The summed E-state index contributed by atoms with van der Waals surface area (Å²) < 4.78 is 1.21. The average Bonchev–Trinajstić information content (AvgIpc) is 2.98. The monoisotopic (exact) mass is 326 g/mol. The molecular weight excluding hydrogens is 316 g/mol. The Morgan fingerprint density at radius 3 is 2.50 bits per heavy atom. The van der Waals surface area contributed by atoms with Gasteiger partial charge >= 0.3 is 0 Å². The van der Waals surface area contributed by atoms with Crippen LogP contribution in [-0.2, 0) is 0 Å². The molecular formula is C15H10N4O5. The number of para-hydroxylation sites is 2. The van der Waals surface area contributed by atoms with E-state index < -0.39 is 27.1 Å². The number of hydrogen-bond acceptors (Lipinski definition) is 6. The van der Waals surface area contributed by atoms with Gasteiger partial charge in [0.25, 0.3) is 17.3 Å². The topological polar surface area (TPSA) is 121 Å². The number of non-ortho nitro benzene ring substituents is 1. The highest BCUT2D eigenvalue weighted by Crippen LogP contribution is 2.29. The van der Waals surface area contributed by atoms with Gasteiger partial charge in [0.1, 0.15) is 6.33 Å². The zero-order chi connectivity index (χ0) is 17.4. The number of imidazole rings is 1. The third-order valence-corrected chi connectivity index (χ3v) is 3.68. The first-order chi connectivity index (χ1) is 11.4. The normalized spacial score (nSPS) is 10.7. The van der Waals surface area contributed by atoms with Crippen LogP contribution in [0.25, 0.3) is 11.0 Å². The summed E-state index contributed by atoms with van der Waals surface area (Å²) in [5, 5.41) is 22.1. The van der Waals surface area contributed by atoms with Gasteiger partial charge in [-0.05, 0) is 19.1 Å². The first-order valence-electron chi connectivity index (χ1n) is 6.80. The molecule has 9 nitrogen and oxygen atoms in total. The highest BCUT2D eigenvalue weighted by atomic mass is 16.6. The molecule has 0 unspecified atom stereocenters. The summed E-state index contributed by atoms with van der Waals surface area (Å²) in [5.74, 6) is -0.618. The number of nitro benzene ring substituents is 2. The van der Waals surface area contributed by atoms with Gasteiger partial charge in [0, 0.05) is 11.6 Å². The van der Waals surface area contributed by atoms with Gasteiger partial charge in [-0.15, -0.1) is 0 Å². The molecule has 120 valence electrons. The van der Waals surface area contributed by atoms with Crippen molar-refractivity contribution in [2.24, 2.45) is 0 Å². The first-order valence-corrected chi connectivity index (χ1v) is 6.80. The quantitative estimate of drug-likeness (QED) is 0.539. The minimum atomic E-state index is -0.769. The van der Waals surface area contributed by atoms with E-state index in [1.807, 2.05) is 0 Å². The van der Waals surface area contributed by atoms with Crippen LogP contribution >= 0.6 is 0 Å². The Balaban J connectivity index is 2.23. The second-order valence-electron chi connectivity index (χ2n) is 5.06. The van der Waals surface area contributed by atoms with Gasteiger partial charge in [0.15, 0.2) is 0 Å². The van der Waals surface area contributed by atoms with Crippen molar-refractivity contribution in [2.45, 2.75) is 6.92 Å². The van der Waals surface area contributed by atoms with Crippen molar-refractivity contribution in [3.8, 4) is 0 Å². The summed E-state index contributed by atoms with van der Waals surface area (Å²) >= 11 is 0. The van der Waals surface area contributed by atoms with Gasteiger partial charge in [0.2, 0.25) is 0 Å². The van der Waals surface area contributed by atoms with Crippen LogP contribution in [0.15, 0.2) is 42.7 Å². The summed E-state index contributed by atoms with van der Waals surface area (Å²) in [4.78, 5) is 37.5. The predicted molar refractivity (Wildman–Crippen MR) is 83.9 cm³/mol. The molecule has 0 bridgehead atoms. The van der Waals surface area contributed by atoms with E-state index in [1.54, 1.807) is 24.3 Å². The SMILES string of the molecule is Cc1c(C(=O)n2cnc3ccccc32)cc([N+](=O)[O-])cc1[N+](=O)[O-]. The van der Waals surface area contributed by atoms with Crippen LogP contribution in [0.2, 0.25) is 0 Å². The molecule has 1 heterocycles. The molecule has 2 aromatic carbocycles. The molecule has 0 aliphatic carbocycles. The largest absolute Gasteiger partial charge is 0.279 e. The number of benzene rings is 2. The molecule has 0 N–H and O–H groups in total. The fourth-order valence-electron chi connectivity index (χ4n) is 2.45. The van der Waals surface area contributed by atoms with Crippen molar-refractivity contribution in [2.75, 3.05) is 0 Å². The second-order valence-corrected chi connectivity index (χ2v) is 5.06. The summed E-state index contributed by atoms with van der Waals surface area (Å²) in [6, 6.07) is 8.74. The zero-order valence-corrected chi connectivity index (χ0v) is 12.4. The molecule has 0 atom stereocenters. The van der Waals surface area contributed by atoms with E-state index in [-0.39, 0.29) is 11.1 Å². The zero-order valence-electron chi connectivity index (χ0n) is 12.4. The van der Waals surface area contributed by atoms with E-state index in [0.717, 1.165) is 12.1 Å². The Hall–Kier alpha value is -3.62. The second kappa shape index (κ2) is 5.54. The standard InChI is InChI=1S/C15H10N4O5/c1-9-11(6-10(18(21)22)7-14(9)19(23)24)15(20)17-8-16-12-4-2-3-5-13(12)17/h2-8H,1H3. The van der Waals surface area contributed by atoms with E-state index >= 15 is 0 Å². The number of aromatic nitrogens is 2. The van der Waals surface area contributed by atoms with E-state index in [1.165, 1.54) is 17.8 Å². The molecule has 0 aliphatic rings. The van der Waals surface area contributed by atoms with Gasteiger partial charge in [0.05, 0.1) is 32.5 Å². The Morgan fingerprint density at radius 2 is 1.83 bits per heavy atom. The van der Waals surface area contributed by atoms with E-state index in [0.29, 0.717) is 11.0 Å².